The molecule has 374 valence electrons. The summed E-state index contributed by atoms with van der Waals surface area (Å²) in [5.41, 5.74) is 20.4. The van der Waals surface area contributed by atoms with Crippen LogP contribution in [0.3, 0.4) is 0 Å². The fourth-order valence-electron chi connectivity index (χ4n) is 13.1. The lowest BCUT2D eigenvalue weighted by Gasteiger charge is -2.26. The van der Waals surface area contributed by atoms with Gasteiger partial charge in [0.25, 0.3) is 0 Å². The Balaban J connectivity index is 1.08. The molecule has 0 spiro atoms. The fourth-order valence-corrected chi connectivity index (χ4v) is 13.1. The summed E-state index contributed by atoms with van der Waals surface area (Å²) in [7, 11) is 0. The zero-order valence-electron chi connectivity index (χ0n) is 43.9. The Hall–Kier alpha value is -6.90. The van der Waals surface area contributed by atoms with Gasteiger partial charge >= 0.3 is 0 Å². The van der Waals surface area contributed by atoms with Crippen LogP contribution in [0.4, 0.5) is 0 Å². The van der Waals surface area contributed by atoms with E-state index in [0.717, 1.165) is 24.0 Å². The lowest BCUT2D eigenvalue weighted by molar-refractivity contribution is 0.475. The molecule has 2 atom stereocenters. The van der Waals surface area contributed by atoms with Gasteiger partial charge in [-0.1, -0.05) is 249 Å². The average Bonchev–Trinajstić information content (AvgIpc) is 3.96. The van der Waals surface area contributed by atoms with Gasteiger partial charge in [0.15, 0.2) is 0 Å². The molecule has 9 aromatic carbocycles. The van der Waals surface area contributed by atoms with E-state index in [1.165, 1.54) is 202 Å². The van der Waals surface area contributed by atoms with Crippen LogP contribution in [0.15, 0.2) is 170 Å². The smallest absolute Gasteiger partial charge is 0.115 e. The average molecular weight is 971 g/mol. The summed E-state index contributed by atoms with van der Waals surface area (Å²) in [4.78, 5) is 0. The Bertz CT molecular complexity index is 3130. The van der Waals surface area contributed by atoms with Crippen molar-refractivity contribution in [3.8, 4) is 56.0 Å². The van der Waals surface area contributed by atoms with Gasteiger partial charge in [0.05, 0.1) is 0 Å². The van der Waals surface area contributed by atoms with Crippen LogP contribution in [0.2, 0.25) is 0 Å². The van der Waals surface area contributed by atoms with Crippen LogP contribution in [0, 0.1) is 0 Å². The van der Waals surface area contributed by atoms with Gasteiger partial charge in [0, 0.05) is 11.8 Å². The predicted octanol–water partition coefficient (Wildman–Crippen LogP) is 20.4. The van der Waals surface area contributed by atoms with Crippen LogP contribution < -0.4 is 0 Å². The molecule has 2 unspecified atom stereocenters. The first-order valence-electron chi connectivity index (χ1n) is 28.6. The lowest BCUT2D eigenvalue weighted by atomic mass is 9.77. The molecule has 0 aromatic heterocycles. The number of hydrogen-bond acceptors (Lipinski definition) is 2. The van der Waals surface area contributed by atoms with Gasteiger partial charge < -0.3 is 10.2 Å². The highest BCUT2D eigenvalue weighted by Gasteiger charge is 2.37. The van der Waals surface area contributed by atoms with Crippen LogP contribution in [-0.4, -0.2) is 10.2 Å². The molecule has 0 heterocycles. The van der Waals surface area contributed by atoms with Crippen LogP contribution >= 0.6 is 0 Å². The lowest BCUT2D eigenvalue weighted by Crippen LogP contribution is -2.04. The first kappa shape index (κ1) is 49.3. The van der Waals surface area contributed by atoms with Crippen molar-refractivity contribution in [2.45, 2.75) is 141 Å². The highest BCUT2D eigenvalue weighted by atomic mass is 16.3. The highest BCUT2D eigenvalue weighted by Crippen LogP contribution is 2.59. The maximum Gasteiger partial charge on any atom is 0.115 e. The van der Waals surface area contributed by atoms with Crippen molar-refractivity contribution in [3.05, 3.63) is 214 Å². The number of phenolic OH excluding ortho intramolecular Hbond substituents is 2. The molecule has 9 aromatic rings. The standard InChI is InChI=1S/C72H74O2/c1-3-5-7-9-11-13-15-17-23-49-29-33-51(34-30-49)65-59-27-21-19-25-57(59)61-45-47-63-68(54-39-43-56(74)44-40-54)72-64(67(71(63)69(61)65)53-37-41-55(73)42-38-53)48-46-62-58-26-20-22-28-60(58)66(70(62)72)52-35-31-50(32-36-52)24-18-16-14-12-10-8-6-4-2/h19-22,25-48,65-66,73-74H,3-18,23-24H2,1-2H3. The third-order valence-corrected chi connectivity index (χ3v) is 16.8. The van der Waals surface area contributed by atoms with Gasteiger partial charge in [-0.25, -0.2) is 0 Å². The van der Waals surface area contributed by atoms with Gasteiger partial charge in [-0.15, -0.1) is 0 Å². The molecule has 2 aliphatic rings. The number of aryl methyl sites for hydroxylation is 2. The number of fused-ring (bicyclic) bond motifs is 10. The summed E-state index contributed by atoms with van der Waals surface area (Å²) in [6, 6.07) is 62.8. The van der Waals surface area contributed by atoms with Crippen LogP contribution in [-0.2, 0) is 12.8 Å². The van der Waals surface area contributed by atoms with Crippen molar-refractivity contribution in [3.63, 3.8) is 0 Å². The van der Waals surface area contributed by atoms with Crippen molar-refractivity contribution in [1.82, 2.24) is 0 Å². The van der Waals surface area contributed by atoms with Gasteiger partial charge in [-0.05, 0) is 161 Å². The number of hydrogen-bond donors (Lipinski definition) is 2. The monoisotopic (exact) mass is 971 g/mol. The van der Waals surface area contributed by atoms with Crippen LogP contribution in [0.25, 0.3) is 66.1 Å². The molecule has 2 nitrogen and oxygen atoms in total. The van der Waals surface area contributed by atoms with Gasteiger partial charge in [-0.3, -0.25) is 0 Å². The summed E-state index contributed by atoms with van der Waals surface area (Å²) >= 11 is 0. The molecule has 2 aliphatic carbocycles. The minimum absolute atomic E-state index is 0.0128. The third-order valence-electron chi connectivity index (χ3n) is 16.8. The van der Waals surface area contributed by atoms with E-state index >= 15 is 0 Å². The summed E-state index contributed by atoms with van der Waals surface area (Å²) in [5, 5.41) is 26.6. The van der Waals surface area contributed by atoms with E-state index in [1.807, 2.05) is 24.3 Å². The number of benzene rings is 9. The third kappa shape index (κ3) is 9.81. The van der Waals surface area contributed by atoms with E-state index in [1.54, 1.807) is 0 Å². The van der Waals surface area contributed by atoms with Crippen molar-refractivity contribution < 1.29 is 10.2 Å². The van der Waals surface area contributed by atoms with Crippen molar-refractivity contribution >= 4 is 21.5 Å². The van der Waals surface area contributed by atoms with Gasteiger partial charge in [-0.2, -0.15) is 0 Å². The Labute approximate surface area is 441 Å². The maximum atomic E-state index is 10.8. The molecule has 0 amide bonds. The fraction of sp³-hybridized carbons (Fsp3) is 0.306. The predicted molar refractivity (Wildman–Crippen MR) is 314 cm³/mol. The molecule has 0 saturated carbocycles. The second-order valence-corrected chi connectivity index (χ2v) is 21.7. The Morgan fingerprint density at radius 1 is 0.324 bits per heavy atom. The van der Waals surface area contributed by atoms with Crippen molar-refractivity contribution in [1.29, 1.82) is 0 Å². The molecule has 2 N–H and O–H groups in total. The van der Waals surface area contributed by atoms with E-state index in [9.17, 15) is 10.2 Å². The Kier molecular flexibility index (Phi) is 15.1. The topological polar surface area (TPSA) is 40.5 Å². The normalized spacial score (nSPS) is 14.4. The number of rotatable bonds is 22. The molecule has 0 bridgehead atoms. The molecule has 0 aliphatic heterocycles. The molecule has 0 saturated heterocycles. The summed E-state index contributed by atoms with van der Waals surface area (Å²) < 4.78 is 0. The molecule has 0 radical (unpaired) electrons. The van der Waals surface area contributed by atoms with E-state index in [0.29, 0.717) is 0 Å². The SMILES string of the molecule is CCCCCCCCCCc1ccc(C2c3ccccc3-c3ccc4c(-c5ccc(O)cc5)c5c6c(ccc5c(-c5ccc(O)cc5)c4c32)-c2ccccc2C6c2ccc(CCCCCCCCCC)cc2)cc1. The second kappa shape index (κ2) is 22.7. The highest BCUT2D eigenvalue weighted by molar-refractivity contribution is 6.25. The van der Waals surface area contributed by atoms with Crippen molar-refractivity contribution in [2.24, 2.45) is 0 Å². The molecule has 74 heavy (non-hydrogen) atoms. The molecule has 2 heteroatoms. The van der Waals surface area contributed by atoms with Gasteiger partial charge in [0.1, 0.15) is 11.5 Å². The van der Waals surface area contributed by atoms with E-state index < -0.39 is 0 Å². The zero-order chi connectivity index (χ0) is 50.4. The summed E-state index contributed by atoms with van der Waals surface area (Å²) in [6.45, 7) is 4.58. The number of phenols is 2. The largest absolute Gasteiger partial charge is 0.508 e. The maximum absolute atomic E-state index is 10.8. The van der Waals surface area contributed by atoms with E-state index in [4.69, 9.17) is 0 Å². The number of aromatic hydroxyl groups is 2. The summed E-state index contributed by atoms with van der Waals surface area (Å²) in [5.74, 6) is 0.540. The Morgan fingerprint density at radius 3 is 1.05 bits per heavy atom. The van der Waals surface area contributed by atoms with Crippen molar-refractivity contribution in [2.75, 3.05) is 0 Å². The minimum atomic E-state index is 0.0128. The molecule has 11 rings (SSSR count). The molecule has 0 fully saturated rings. The molecular formula is C72H74O2. The molecular weight excluding hydrogens is 897 g/mol. The first-order valence-corrected chi connectivity index (χ1v) is 28.6. The Morgan fingerprint density at radius 2 is 0.676 bits per heavy atom. The first-order chi connectivity index (χ1) is 36.5. The van der Waals surface area contributed by atoms with Crippen LogP contribution in [0.5, 0.6) is 11.5 Å². The minimum Gasteiger partial charge on any atom is -0.508 e. The summed E-state index contributed by atoms with van der Waals surface area (Å²) in [6.07, 6.45) is 23.4. The zero-order valence-corrected chi connectivity index (χ0v) is 43.9. The number of unbranched alkanes of at least 4 members (excludes halogenated alkanes) is 14. The van der Waals surface area contributed by atoms with Gasteiger partial charge in [0.2, 0.25) is 0 Å². The second-order valence-electron chi connectivity index (χ2n) is 21.7. The quantitative estimate of drug-likeness (QED) is 0.0525. The van der Waals surface area contributed by atoms with E-state index in [-0.39, 0.29) is 23.3 Å². The van der Waals surface area contributed by atoms with Crippen LogP contribution in [0.1, 0.15) is 173 Å². The van der Waals surface area contributed by atoms with E-state index in [2.05, 4.69) is 159 Å².